The average Bonchev–Trinajstić information content (AvgIpc) is 2.76. The van der Waals surface area contributed by atoms with Crippen LogP contribution in [0.4, 0.5) is 11.4 Å². The van der Waals surface area contributed by atoms with E-state index < -0.39 is 6.04 Å². The summed E-state index contributed by atoms with van der Waals surface area (Å²) in [4.78, 5) is 36.6. The largest absolute Gasteiger partial charge is 0.345 e. The Kier molecular flexibility index (Phi) is 7.40. The molecule has 0 aromatic heterocycles. The summed E-state index contributed by atoms with van der Waals surface area (Å²) < 4.78 is 0. The van der Waals surface area contributed by atoms with Crippen molar-refractivity contribution in [2.24, 2.45) is 0 Å². The van der Waals surface area contributed by atoms with Crippen LogP contribution < -0.4 is 16.0 Å². The Morgan fingerprint density at radius 3 is 2.13 bits per heavy atom. The van der Waals surface area contributed by atoms with Crippen LogP contribution in [0.15, 0.2) is 78.9 Å². The lowest BCUT2D eigenvalue weighted by Gasteiger charge is -2.19. The Morgan fingerprint density at radius 2 is 1.52 bits per heavy atom. The van der Waals surface area contributed by atoms with Crippen molar-refractivity contribution in [3.8, 4) is 0 Å². The molecular formula is C24H22ClN3O3. The molecule has 1 unspecified atom stereocenters. The number of anilines is 2. The van der Waals surface area contributed by atoms with E-state index in [2.05, 4.69) is 16.0 Å². The molecule has 3 rings (SSSR count). The van der Waals surface area contributed by atoms with Crippen LogP contribution in [0.3, 0.4) is 0 Å². The van der Waals surface area contributed by atoms with Crippen molar-refractivity contribution in [2.45, 2.75) is 19.4 Å². The van der Waals surface area contributed by atoms with E-state index >= 15 is 0 Å². The highest BCUT2D eigenvalue weighted by atomic mass is 35.5. The average molecular weight is 436 g/mol. The molecule has 1 atom stereocenters. The first-order valence-electron chi connectivity index (χ1n) is 9.70. The van der Waals surface area contributed by atoms with Gasteiger partial charge in [0.2, 0.25) is 11.8 Å². The predicted molar refractivity (Wildman–Crippen MR) is 122 cm³/mol. The summed E-state index contributed by atoms with van der Waals surface area (Å²) >= 11 is 6.24. The van der Waals surface area contributed by atoms with Crippen molar-refractivity contribution in [3.05, 3.63) is 95.0 Å². The van der Waals surface area contributed by atoms with Crippen LogP contribution in [0.1, 0.15) is 35.3 Å². The van der Waals surface area contributed by atoms with Crippen LogP contribution in [0, 0.1) is 0 Å². The van der Waals surface area contributed by atoms with Crippen LogP contribution in [0.25, 0.3) is 0 Å². The van der Waals surface area contributed by atoms with Crippen molar-refractivity contribution in [2.75, 3.05) is 10.6 Å². The highest BCUT2D eigenvalue weighted by Crippen LogP contribution is 2.26. The normalized spacial score (nSPS) is 11.3. The number of amides is 3. The van der Waals surface area contributed by atoms with Gasteiger partial charge in [0.05, 0.1) is 23.2 Å². The Labute approximate surface area is 185 Å². The molecule has 0 saturated heterocycles. The maximum absolute atomic E-state index is 12.7. The SMILES string of the molecule is CC(=O)Nc1ccc(NC(=O)CC(NC(=O)c2ccccc2)c2ccccc2)c(Cl)c1. The van der Waals surface area contributed by atoms with Gasteiger partial charge >= 0.3 is 0 Å². The molecule has 158 valence electrons. The summed E-state index contributed by atoms with van der Waals surface area (Å²) in [7, 11) is 0. The first-order valence-corrected chi connectivity index (χ1v) is 10.1. The van der Waals surface area contributed by atoms with E-state index in [9.17, 15) is 14.4 Å². The van der Waals surface area contributed by atoms with E-state index in [0.717, 1.165) is 5.56 Å². The number of hydrogen-bond donors (Lipinski definition) is 3. The molecule has 3 amide bonds. The van der Waals surface area contributed by atoms with Gasteiger partial charge in [-0.2, -0.15) is 0 Å². The van der Waals surface area contributed by atoms with E-state index in [1.165, 1.54) is 6.92 Å². The number of carbonyl (C=O) groups is 3. The van der Waals surface area contributed by atoms with Gasteiger partial charge in [0.25, 0.3) is 5.91 Å². The number of carbonyl (C=O) groups excluding carboxylic acids is 3. The second-order valence-electron chi connectivity index (χ2n) is 6.93. The van der Waals surface area contributed by atoms with Crippen molar-refractivity contribution >= 4 is 40.7 Å². The Balaban J connectivity index is 1.73. The quantitative estimate of drug-likeness (QED) is 0.498. The molecule has 3 aromatic rings. The van der Waals surface area contributed by atoms with Gasteiger partial charge in [-0.1, -0.05) is 60.1 Å². The van der Waals surface area contributed by atoms with Gasteiger partial charge in [-0.15, -0.1) is 0 Å². The van der Waals surface area contributed by atoms with Gasteiger partial charge < -0.3 is 16.0 Å². The molecule has 0 aliphatic rings. The fourth-order valence-electron chi connectivity index (χ4n) is 3.05. The number of nitrogens with one attached hydrogen (secondary N) is 3. The monoisotopic (exact) mass is 435 g/mol. The smallest absolute Gasteiger partial charge is 0.251 e. The van der Waals surface area contributed by atoms with Gasteiger partial charge in [0.15, 0.2) is 0 Å². The second kappa shape index (κ2) is 10.4. The Hall–Kier alpha value is -3.64. The summed E-state index contributed by atoms with van der Waals surface area (Å²) in [5, 5.41) is 8.63. The van der Waals surface area contributed by atoms with Crippen molar-refractivity contribution < 1.29 is 14.4 Å². The lowest BCUT2D eigenvalue weighted by Crippen LogP contribution is -2.31. The minimum Gasteiger partial charge on any atom is -0.345 e. The van der Waals surface area contributed by atoms with E-state index in [1.807, 2.05) is 36.4 Å². The maximum Gasteiger partial charge on any atom is 0.251 e. The third-order valence-electron chi connectivity index (χ3n) is 4.50. The Bertz CT molecular complexity index is 1070. The molecule has 6 nitrogen and oxygen atoms in total. The van der Waals surface area contributed by atoms with Gasteiger partial charge in [-0.05, 0) is 35.9 Å². The summed E-state index contributed by atoms with van der Waals surface area (Å²) in [6, 6.07) is 22.4. The number of hydrogen-bond acceptors (Lipinski definition) is 3. The van der Waals surface area contributed by atoms with E-state index in [4.69, 9.17) is 11.6 Å². The van der Waals surface area contributed by atoms with E-state index in [-0.39, 0.29) is 24.1 Å². The summed E-state index contributed by atoms with van der Waals surface area (Å²) in [6.07, 6.45) is 0.0202. The van der Waals surface area contributed by atoms with Gasteiger partial charge in [0.1, 0.15) is 0 Å². The highest BCUT2D eigenvalue weighted by Gasteiger charge is 2.20. The molecule has 0 aliphatic carbocycles. The van der Waals surface area contributed by atoms with Gasteiger partial charge in [-0.3, -0.25) is 14.4 Å². The van der Waals surface area contributed by atoms with Crippen molar-refractivity contribution in [3.63, 3.8) is 0 Å². The molecule has 0 fully saturated rings. The maximum atomic E-state index is 12.7. The van der Waals surface area contributed by atoms with Gasteiger partial charge in [0, 0.05) is 18.2 Å². The number of halogens is 1. The minimum atomic E-state index is -0.522. The van der Waals surface area contributed by atoms with Crippen molar-refractivity contribution in [1.82, 2.24) is 5.32 Å². The zero-order valence-corrected chi connectivity index (χ0v) is 17.6. The third-order valence-corrected chi connectivity index (χ3v) is 4.81. The molecular weight excluding hydrogens is 414 g/mol. The van der Waals surface area contributed by atoms with Crippen LogP contribution in [0.5, 0.6) is 0 Å². The van der Waals surface area contributed by atoms with Crippen molar-refractivity contribution in [1.29, 1.82) is 0 Å². The topological polar surface area (TPSA) is 87.3 Å². The van der Waals surface area contributed by atoms with Crippen LogP contribution in [-0.2, 0) is 9.59 Å². The van der Waals surface area contributed by atoms with E-state index in [1.54, 1.807) is 42.5 Å². The lowest BCUT2D eigenvalue weighted by atomic mass is 10.0. The molecule has 0 spiro atoms. The molecule has 7 heteroatoms. The fraction of sp³-hybridized carbons (Fsp3) is 0.125. The highest BCUT2D eigenvalue weighted by molar-refractivity contribution is 6.34. The lowest BCUT2D eigenvalue weighted by molar-refractivity contribution is -0.116. The summed E-state index contributed by atoms with van der Waals surface area (Å²) in [5.74, 6) is -0.788. The molecule has 31 heavy (non-hydrogen) atoms. The molecule has 0 aliphatic heterocycles. The summed E-state index contributed by atoms with van der Waals surface area (Å²) in [6.45, 7) is 1.40. The Morgan fingerprint density at radius 1 is 0.871 bits per heavy atom. The first-order chi connectivity index (χ1) is 14.9. The molecule has 3 aromatic carbocycles. The number of benzene rings is 3. The minimum absolute atomic E-state index is 0.0202. The molecule has 0 heterocycles. The summed E-state index contributed by atoms with van der Waals surface area (Å²) in [5.41, 5.74) is 2.28. The fourth-order valence-corrected chi connectivity index (χ4v) is 3.28. The molecule has 0 saturated carbocycles. The number of rotatable bonds is 7. The van der Waals surface area contributed by atoms with Crippen LogP contribution in [0.2, 0.25) is 5.02 Å². The van der Waals surface area contributed by atoms with Crippen LogP contribution >= 0.6 is 11.6 Å². The van der Waals surface area contributed by atoms with Crippen LogP contribution in [-0.4, -0.2) is 17.7 Å². The zero-order valence-electron chi connectivity index (χ0n) is 16.9. The standard InChI is InChI=1S/C24H22ClN3O3/c1-16(29)26-19-12-13-21(20(25)14-19)27-23(30)15-22(17-8-4-2-5-9-17)28-24(31)18-10-6-3-7-11-18/h2-14,22H,15H2,1H3,(H,26,29)(H,27,30)(H,28,31). The van der Waals surface area contributed by atoms with E-state index in [0.29, 0.717) is 22.0 Å². The predicted octanol–water partition coefficient (Wildman–Crippen LogP) is 4.80. The zero-order chi connectivity index (χ0) is 22.2. The first kappa shape index (κ1) is 22.1. The van der Waals surface area contributed by atoms with Gasteiger partial charge in [-0.25, -0.2) is 0 Å². The third kappa shape index (κ3) is 6.42. The molecule has 0 bridgehead atoms. The molecule has 0 radical (unpaired) electrons. The second-order valence-corrected chi connectivity index (χ2v) is 7.34. The molecule has 3 N–H and O–H groups in total.